The van der Waals surface area contributed by atoms with Gasteiger partial charge in [0.2, 0.25) is 0 Å². The van der Waals surface area contributed by atoms with Gasteiger partial charge in [0.25, 0.3) is 11.8 Å². The fourth-order valence-electron chi connectivity index (χ4n) is 0.870. The van der Waals surface area contributed by atoms with E-state index in [4.69, 9.17) is 4.84 Å². The van der Waals surface area contributed by atoms with Gasteiger partial charge in [-0.25, -0.2) is 0 Å². The summed E-state index contributed by atoms with van der Waals surface area (Å²) in [5, 5.41) is 0.736. The second kappa shape index (κ2) is 5.77. The van der Waals surface area contributed by atoms with Crippen LogP contribution in [0.1, 0.15) is 6.92 Å². The number of furan rings is 1. The monoisotopic (exact) mass is 209 g/mol. The van der Waals surface area contributed by atoms with Gasteiger partial charge in [0, 0.05) is 12.2 Å². The molecule has 0 saturated heterocycles. The lowest BCUT2D eigenvalue weighted by Gasteiger charge is -2.10. The zero-order valence-electron chi connectivity index (χ0n) is 8.25. The maximum absolute atomic E-state index is 10.7. The second-order valence-electron chi connectivity index (χ2n) is 2.52. The fraction of sp³-hybridized carbons (Fsp3) is 0.200. The SMILES string of the molecule is CCON1C(=O)C=CC1=O.c1ccoc1. The van der Waals surface area contributed by atoms with Crippen LogP contribution in [0.2, 0.25) is 0 Å². The third-order valence-electron chi connectivity index (χ3n) is 1.45. The summed E-state index contributed by atoms with van der Waals surface area (Å²) in [5.41, 5.74) is 0. The van der Waals surface area contributed by atoms with Crippen LogP contribution in [0.15, 0.2) is 41.2 Å². The van der Waals surface area contributed by atoms with Gasteiger partial charge in [-0.1, -0.05) is 0 Å². The predicted octanol–water partition coefficient (Wildman–Crippen LogP) is 1.14. The standard InChI is InChI=1S/C6H7NO3.C4H4O/c1-2-10-7-5(8)3-4-6(7)9;1-2-4-5-3-1/h3-4H,2H2,1H3;1-4H. The molecule has 0 bridgehead atoms. The van der Waals surface area contributed by atoms with Gasteiger partial charge >= 0.3 is 0 Å². The number of rotatable bonds is 2. The van der Waals surface area contributed by atoms with Crippen molar-refractivity contribution in [2.45, 2.75) is 6.92 Å². The molecule has 2 heterocycles. The Morgan fingerprint density at radius 2 is 1.73 bits per heavy atom. The highest BCUT2D eigenvalue weighted by Gasteiger charge is 2.23. The molecule has 0 unspecified atom stereocenters. The van der Waals surface area contributed by atoms with Crippen LogP contribution >= 0.6 is 0 Å². The molecular weight excluding hydrogens is 198 g/mol. The average Bonchev–Trinajstić information content (AvgIpc) is 2.87. The summed E-state index contributed by atoms with van der Waals surface area (Å²) in [6.45, 7) is 2.03. The lowest BCUT2D eigenvalue weighted by atomic mass is 10.6. The number of carbonyl (C=O) groups is 2. The maximum Gasteiger partial charge on any atom is 0.277 e. The van der Waals surface area contributed by atoms with Gasteiger partial charge in [0.05, 0.1) is 19.1 Å². The Hall–Kier alpha value is -1.88. The van der Waals surface area contributed by atoms with E-state index in [9.17, 15) is 9.59 Å². The van der Waals surface area contributed by atoms with E-state index in [1.807, 2.05) is 12.1 Å². The number of hydroxylamine groups is 2. The van der Waals surface area contributed by atoms with Gasteiger partial charge in [-0.2, -0.15) is 0 Å². The summed E-state index contributed by atoms with van der Waals surface area (Å²) in [6.07, 6.45) is 5.61. The van der Waals surface area contributed by atoms with Crippen LogP contribution in [-0.4, -0.2) is 23.5 Å². The highest BCUT2D eigenvalue weighted by Crippen LogP contribution is 2.02. The van der Waals surface area contributed by atoms with Crippen molar-refractivity contribution in [1.82, 2.24) is 5.06 Å². The molecule has 5 nitrogen and oxygen atoms in total. The molecule has 0 fully saturated rings. The lowest BCUT2D eigenvalue weighted by molar-refractivity contribution is -0.184. The van der Waals surface area contributed by atoms with Crippen molar-refractivity contribution in [2.75, 3.05) is 6.61 Å². The van der Waals surface area contributed by atoms with E-state index >= 15 is 0 Å². The third kappa shape index (κ3) is 3.40. The van der Waals surface area contributed by atoms with Gasteiger partial charge < -0.3 is 4.42 Å². The Kier molecular flexibility index (Phi) is 4.30. The van der Waals surface area contributed by atoms with Crippen LogP contribution < -0.4 is 0 Å². The number of carbonyl (C=O) groups excluding carboxylic acids is 2. The third-order valence-corrected chi connectivity index (χ3v) is 1.45. The van der Waals surface area contributed by atoms with Crippen LogP contribution in [0.5, 0.6) is 0 Å². The Morgan fingerprint density at radius 3 is 2.07 bits per heavy atom. The largest absolute Gasteiger partial charge is 0.473 e. The summed E-state index contributed by atoms with van der Waals surface area (Å²) >= 11 is 0. The van der Waals surface area contributed by atoms with E-state index in [1.165, 1.54) is 12.2 Å². The highest BCUT2D eigenvalue weighted by molar-refractivity contribution is 6.11. The molecule has 2 rings (SSSR count). The molecule has 80 valence electrons. The molecule has 0 aliphatic carbocycles. The summed E-state index contributed by atoms with van der Waals surface area (Å²) < 4.78 is 4.58. The number of imide groups is 1. The smallest absolute Gasteiger partial charge is 0.277 e. The summed E-state index contributed by atoms with van der Waals surface area (Å²) in [5.74, 6) is -0.821. The molecule has 0 radical (unpaired) electrons. The maximum atomic E-state index is 10.7. The first kappa shape index (κ1) is 11.2. The van der Waals surface area contributed by atoms with Crippen molar-refractivity contribution in [3.63, 3.8) is 0 Å². The zero-order chi connectivity index (χ0) is 11.1. The minimum atomic E-state index is -0.410. The van der Waals surface area contributed by atoms with E-state index in [1.54, 1.807) is 19.5 Å². The topological polar surface area (TPSA) is 59.8 Å². The van der Waals surface area contributed by atoms with Crippen molar-refractivity contribution in [2.24, 2.45) is 0 Å². The van der Waals surface area contributed by atoms with E-state index < -0.39 is 11.8 Å². The molecular formula is C10H11NO4. The highest BCUT2D eigenvalue weighted by atomic mass is 16.7. The first-order valence-corrected chi connectivity index (χ1v) is 4.42. The minimum absolute atomic E-state index is 0.319. The Labute approximate surface area is 86.9 Å². The normalized spacial score (nSPS) is 14.1. The number of hydrogen-bond donors (Lipinski definition) is 0. The van der Waals surface area contributed by atoms with Gasteiger partial charge in [0.15, 0.2) is 0 Å². The van der Waals surface area contributed by atoms with E-state index in [-0.39, 0.29) is 0 Å². The molecule has 1 aliphatic rings. The number of amides is 2. The molecule has 0 saturated carbocycles. The first-order valence-electron chi connectivity index (χ1n) is 4.42. The molecule has 0 N–H and O–H groups in total. The summed E-state index contributed by atoms with van der Waals surface area (Å²) in [4.78, 5) is 26.0. The van der Waals surface area contributed by atoms with Crippen molar-refractivity contribution < 1.29 is 18.8 Å². The average molecular weight is 209 g/mol. The molecule has 0 spiro atoms. The van der Waals surface area contributed by atoms with Gasteiger partial charge in [-0.3, -0.25) is 14.4 Å². The van der Waals surface area contributed by atoms with Crippen LogP contribution in [0, 0.1) is 0 Å². The quantitative estimate of drug-likeness (QED) is 0.685. The van der Waals surface area contributed by atoms with E-state index in [0.29, 0.717) is 6.61 Å². The van der Waals surface area contributed by atoms with Gasteiger partial charge in [0.1, 0.15) is 0 Å². The van der Waals surface area contributed by atoms with Crippen LogP contribution in [0.4, 0.5) is 0 Å². The molecule has 1 aromatic heterocycles. The minimum Gasteiger partial charge on any atom is -0.473 e. The summed E-state index contributed by atoms with van der Waals surface area (Å²) in [6, 6.07) is 3.67. The lowest BCUT2D eigenvalue weighted by Crippen LogP contribution is -2.29. The van der Waals surface area contributed by atoms with Crippen LogP contribution in [0.25, 0.3) is 0 Å². The summed E-state index contributed by atoms with van der Waals surface area (Å²) in [7, 11) is 0. The van der Waals surface area contributed by atoms with Crippen LogP contribution in [0.3, 0.4) is 0 Å². The van der Waals surface area contributed by atoms with Crippen molar-refractivity contribution in [3.8, 4) is 0 Å². The van der Waals surface area contributed by atoms with Crippen molar-refractivity contribution in [3.05, 3.63) is 36.8 Å². The Balaban J connectivity index is 0.000000187. The molecule has 2 amide bonds. The molecule has 15 heavy (non-hydrogen) atoms. The van der Waals surface area contributed by atoms with Crippen molar-refractivity contribution >= 4 is 11.8 Å². The zero-order valence-corrected chi connectivity index (χ0v) is 8.25. The molecule has 1 aromatic rings. The fourth-order valence-corrected chi connectivity index (χ4v) is 0.870. The molecule has 5 heteroatoms. The van der Waals surface area contributed by atoms with Crippen molar-refractivity contribution in [1.29, 1.82) is 0 Å². The molecule has 0 atom stereocenters. The first-order chi connectivity index (χ1) is 7.25. The number of hydrogen-bond acceptors (Lipinski definition) is 4. The van der Waals surface area contributed by atoms with Gasteiger partial charge in [-0.05, 0) is 19.1 Å². The Bertz CT molecular complexity index is 307. The Morgan fingerprint density at radius 1 is 1.20 bits per heavy atom. The van der Waals surface area contributed by atoms with E-state index in [0.717, 1.165) is 5.06 Å². The predicted molar refractivity (Wildman–Crippen MR) is 51.3 cm³/mol. The molecule has 0 aromatic carbocycles. The van der Waals surface area contributed by atoms with E-state index in [2.05, 4.69) is 4.42 Å². The molecule has 1 aliphatic heterocycles. The van der Waals surface area contributed by atoms with Gasteiger partial charge in [-0.15, -0.1) is 5.06 Å². The number of nitrogens with zero attached hydrogens (tertiary/aromatic N) is 1. The second-order valence-corrected chi connectivity index (χ2v) is 2.52. The van der Waals surface area contributed by atoms with Crippen LogP contribution in [-0.2, 0) is 14.4 Å².